The van der Waals surface area contributed by atoms with Crippen LogP contribution in [0.2, 0.25) is 0 Å². The van der Waals surface area contributed by atoms with Crippen LogP contribution in [0.25, 0.3) is 0 Å². The lowest BCUT2D eigenvalue weighted by Gasteiger charge is -2.39. The number of nitrogens with zero attached hydrogens (tertiary/aromatic N) is 3. The molecule has 2 heterocycles. The van der Waals surface area contributed by atoms with Crippen molar-refractivity contribution in [3.8, 4) is 0 Å². The van der Waals surface area contributed by atoms with Crippen LogP contribution in [-0.4, -0.2) is 64.6 Å². The lowest BCUT2D eigenvalue weighted by atomic mass is 9.88. The molecule has 1 aromatic rings. The van der Waals surface area contributed by atoms with Crippen LogP contribution in [-0.2, 0) is 20.9 Å². The summed E-state index contributed by atoms with van der Waals surface area (Å²) in [4.78, 5) is 43.7. The molecular weight excluding hydrogens is 373 g/mol. The number of amides is 3. The van der Waals surface area contributed by atoms with Gasteiger partial charge < -0.3 is 14.7 Å². The molecule has 3 amide bonds. The van der Waals surface area contributed by atoms with Gasteiger partial charge in [0.2, 0.25) is 17.7 Å². The fourth-order valence-corrected chi connectivity index (χ4v) is 4.85. The molecule has 1 saturated carbocycles. The van der Waals surface area contributed by atoms with E-state index in [9.17, 15) is 18.8 Å². The summed E-state index contributed by atoms with van der Waals surface area (Å²) in [6.07, 6.45) is 5.76. The van der Waals surface area contributed by atoms with Gasteiger partial charge in [-0.15, -0.1) is 0 Å². The maximum Gasteiger partial charge on any atom is 0.246 e. The van der Waals surface area contributed by atoms with Crippen molar-refractivity contribution in [3.63, 3.8) is 0 Å². The molecule has 156 valence electrons. The Labute approximate surface area is 170 Å². The maximum absolute atomic E-state index is 13.5. The molecule has 1 unspecified atom stereocenters. The average Bonchev–Trinajstić information content (AvgIpc) is 2.96. The van der Waals surface area contributed by atoms with Gasteiger partial charge in [0.25, 0.3) is 0 Å². The first-order valence-corrected chi connectivity index (χ1v) is 10.6. The Bertz CT molecular complexity index is 793. The Hall–Kier alpha value is -2.44. The van der Waals surface area contributed by atoms with Crippen LogP contribution in [0.15, 0.2) is 24.3 Å². The number of carbonyl (C=O) groups excluding carboxylic acids is 3. The summed E-state index contributed by atoms with van der Waals surface area (Å²) >= 11 is 0. The monoisotopic (exact) mass is 401 g/mol. The third-order valence-corrected chi connectivity index (χ3v) is 6.43. The van der Waals surface area contributed by atoms with Crippen molar-refractivity contribution in [2.75, 3.05) is 26.2 Å². The molecule has 3 aliphatic rings. The highest BCUT2D eigenvalue weighted by Gasteiger charge is 2.41. The van der Waals surface area contributed by atoms with Crippen molar-refractivity contribution < 1.29 is 18.8 Å². The molecule has 0 spiro atoms. The molecule has 3 fully saturated rings. The largest absolute Gasteiger partial charge is 0.341 e. The van der Waals surface area contributed by atoms with E-state index in [0.29, 0.717) is 31.6 Å². The molecule has 4 rings (SSSR count). The Morgan fingerprint density at radius 1 is 1.03 bits per heavy atom. The molecule has 0 aromatic heterocycles. The number of piperazine rings is 1. The van der Waals surface area contributed by atoms with Gasteiger partial charge in [-0.05, 0) is 37.0 Å². The SMILES string of the molecule is O=C(C1CCCCC1)N1CCC2C(=O)N(Cc3cccc(F)c3)CC(=O)N2CC1. The summed E-state index contributed by atoms with van der Waals surface area (Å²) in [6, 6.07) is 5.58. The lowest BCUT2D eigenvalue weighted by molar-refractivity contribution is -0.156. The van der Waals surface area contributed by atoms with Gasteiger partial charge >= 0.3 is 0 Å². The molecule has 6 nitrogen and oxygen atoms in total. The quantitative estimate of drug-likeness (QED) is 0.780. The normalized spacial score (nSPS) is 23.8. The molecule has 2 saturated heterocycles. The zero-order valence-corrected chi connectivity index (χ0v) is 16.7. The first kappa shape index (κ1) is 19.9. The Morgan fingerprint density at radius 2 is 1.83 bits per heavy atom. The summed E-state index contributed by atoms with van der Waals surface area (Å²) in [5.74, 6) is -0.291. The highest BCUT2D eigenvalue weighted by molar-refractivity contribution is 5.95. The van der Waals surface area contributed by atoms with Gasteiger partial charge in [-0.2, -0.15) is 0 Å². The summed E-state index contributed by atoms with van der Waals surface area (Å²) in [7, 11) is 0. The van der Waals surface area contributed by atoms with Crippen LogP contribution < -0.4 is 0 Å². The van der Waals surface area contributed by atoms with E-state index >= 15 is 0 Å². The van der Waals surface area contributed by atoms with E-state index in [1.165, 1.54) is 23.5 Å². The van der Waals surface area contributed by atoms with Gasteiger partial charge in [-0.25, -0.2) is 4.39 Å². The number of halogens is 1. The van der Waals surface area contributed by atoms with Crippen LogP contribution in [0.5, 0.6) is 0 Å². The molecule has 1 atom stereocenters. The van der Waals surface area contributed by atoms with E-state index in [1.807, 2.05) is 4.90 Å². The highest BCUT2D eigenvalue weighted by Crippen LogP contribution is 2.27. The second-order valence-corrected chi connectivity index (χ2v) is 8.38. The molecule has 0 bridgehead atoms. The second-order valence-electron chi connectivity index (χ2n) is 8.38. The zero-order chi connectivity index (χ0) is 20.4. The summed E-state index contributed by atoms with van der Waals surface area (Å²) in [5.41, 5.74) is 0.669. The maximum atomic E-state index is 13.5. The lowest BCUT2D eigenvalue weighted by Crippen LogP contribution is -2.59. The van der Waals surface area contributed by atoms with E-state index in [1.54, 1.807) is 17.0 Å². The molecule has 29 heavy (non-hydrogen) atoms. The predicted octanol–water partition coefficient (Wildman–Crippen LogP) is 2.18. The fraction of sp³-hybridized carbons (Fsp3) is 0.591. The highest BCUT2D eigenvalue weighted by atomic mass is 19.1. The molecule has 2 aliphatic heterocycles. The van der Waals surface area contributed by atoms with Gasteiger partial charge in [-0.3, -0.25) is 14.4 Å². The first-order chi connectivity index (χ1) is 14.0. The number of hydrogen-bond donors (Lipinski definition) is 0. The van der Waals surface area contributed by atoms with Gasteiger partial charge in [0.1, 0.15) is 18.4 Å². The van der Waals surface area contributed by atoms with E-state index in [-0.39, 0.29) is 42.5 Å². The van der Waals surface area contributed by atoms with Gasteiger partial charge in [-0.1, -0.05) is 31.4 Å². The number of hydrogen-bond acceptors (Lipinski definition) is 3. The van der Waals surface area contributed by atoms with Gasteiger partial charge in [0.15, 0.2) is 0 Å². The van der Waals surface area contributed by atoms with Crippen LogP contribution >= 0.6 is 0 Å². The second kappa shape index (κ2) is 8.51. The van der Waals surface area contributed by atoms with Crippen LogP contribution in [0.3, 0.4) is 0 Å². The predicted molar refractivity (Wildman–Crippen MR) is 105 cm³/mol. The molecule has 7 heteroatoms. The number of carbonyl (C=O) groups is 3. The van der Waals surface area contributed by atoms with Crippen LogP contribution in [0.4, 0.5) is 4.39 Å². The van der Waals surface area contributed by atoms with E-state index < -0.39 is 6.04 Å². The summed E-state index contributed by atoms with van der Waals surface area (Å²) in [6.45, 7) is 1.62. The van der Waals surface area contributed by atoms with Crippen molar-refractivity contribution in [2.24, 2.45) is 5.92 Å². The van der Waals surface area contributed by atoms with E-state index in [0.717, 1.165) is 25.7 Å². The minimum Gasteiger partial charge on any atom is -0.341 e. The fourth-order valence-electron chi connectivity index (χ4n) is 4.85. The summed E-state index contributed by atoms with van der Waals surface area (Å²) in [5, 5.41) is 0. The van der Waals surface area contributed by atoms with E-state index in [4.69, 9.17) is 0 Å². The van der Waals surface area contributed by atoms with Crippen molar-refractivity contribution >= 4 is 17.7 Å². The van der Waals surface area contributed by atoms with Crippen molar-refractivity contribution in [1.82, 2.24) is 14.7 Å². The molecule has 0 N–H and O–H groups in total. The number of fused-ring (bicyclic) bond motifs is 1. The standard InChI is InChI=1S/C22H28FN3O3/c23-18-8-4-5-16(13-18)14-25-15-20(27)26-12-11-24(10-9-19(26)22(25)29)21(28)17-6-2-1-3-7-17/h4-5,8,13,17,19H,1-3,6-7,9-12,14-15H2. The van der Waals surface area contributed by atoms with Gasteiger partial charge in [0, 0.05) is 32.1 Å². The zero-order valence-electron chi connectivity index (χ0n) is 16.7. The topological polar surface area (TPSA) is 60.9 Å². The van der Waals surface area contributed by atoms with E-state index in [2.05, 4.69) is 0 Å². The minimum absolute atomic E-state index is 0.00240. The molecule has 0 radical (unpaired) electrons. The number of rotatable bonds is 3. The Kier molecular flexibility index (Phi) is 5.83. The summed E-state index contributed by atoms with van der Waals surface area (Å²) < 4.78 is 13.5. The Balaban J connectivity index is 1.43. The van der Waals surface area contributed by atoms with Crippen molar-refractivity contribution in [2.45, 2.75) is 51.1 Å². The van der Waals surface area contributed by atoms with Crippen molar-refractivity contribution in [3.05, 3.63) is 35.6 Å². The minimum atomic E-state index is -0.533. The Morgan fingerprint density at radius 3 is 2.59 bits per heavy atom. The van der Waals surface area contributed by atoms with Crippen LogP contribution in [0, 0.1) is 11.7 Å². The van der Waals surface area contributed by atoms with Gasteiger partial charge in [0.05, 0.1) is 0 Å². The third-order valence-electron chi connectivity index (χ3n) is 6.43. The smallest absolute Gasteiger partial charge is 0.246 e. The molecular formula is C22H28FN3O3. The average molecular weight is 401 g/mol. The van der Waals surface area contributed by atoms with Crippen LogP contribution in [0.1, 0.15) is 44.1 Å². The van der Waals surface area contributed by atoms with Crippen molar-refractivity contribution in [1.29, 1.82) is 0 Å². The molecule has 1 aromatic carbocycles. The third kappa shape index (κ3) is 4.28. The first-order valence-electron chi connectivity index (χ1n) is 10.6. The number of benzene rings is 1. The molecule has 1 aliphatic carbocycles.